The topological polar surface area (TPSA) is 26.0 Å². The third-order valence-corrected chi connectivity index (χ3v) is 4.53. The summed E-state index contributed by atoms with van der Waals surface area (Å²) in [4.78, 5) is 0. The molecule has 80 valence electrons. The number of hydrogen-bond acceptors (Lipinski definition) is 1. The molecule has 2 saturated carbocycles. The van der Waals surface area contributed by atoms with Gasteiger partial charge in [0.05, 0.1) is 0 Å². The number of allylic oxidation sites excluding steroid dienone is 1. The minimum Gasteiger partial charge on any atom is -0.330 e. The standard InChI is InChI=1S/C13H23N/c1-3-11-9(2)8-10-4-5-13(11)12(10)6-7-14/h10-13H,2-8,14H2,1H3. The van der Waals surface area contributed by atoms with Gasteiger partial charge in [0.1, 0.15) is 0 Å². The molecule has 0 aliphatic heterocycles. The van der Waals surface area contributed by atoms with E-state index in [2.05, 4.69) is 13.5 Å². The van der Waals surface area contributed by atoms with E-state index in [0.29, 0.717) is 0 Å². The maximum Gasteiger partial charge on any atom is -0.00744 e. The third-order valence-electron chi connectivity index (χ3n) is 4.53. The monoisotopic (exact) mass is 193 g/mol. The lowest BCUT2D eigenvalue weighted by molar-refractivity contribution is 0.192. The second kappa shape index (κ2) is 4.06. The van der Waals surface area contributed by atoms with Gasteiger partial charge in [-0.2, -0.15) is 0 Å². The van der Waals surface area contributed by atoms with E-state index < -0.39 is 0 Å². The van der Waals surface area contributed by atoms with E-state index in [0.717, 1.165) is 30.2 Å². The summed E-state index contributed by atoms with van der Waals surface area (Å²) >= 11 is 0. The molecule has 0 spiro atoms. The van der Waals surface area contributed by atoms with Crippen LogP contribution in [0, 0.1) is 23.7 Å². The van der Waals surface area contributed by atoms with Crippen molar-refractivity contribution < 1.29 is 0 Å². The van der Waals surface area contributed by atoms with Crippen LogP contribution in [0.1, 0.15) is 39.0 Å². The van der Waals surface area contributed by atoms with Gasteiger partial charge in [-0.3, -0.25) is 0 Å². The minimum atomic E-state index is 0.810. The summed E-state index contributed by atoms with van der Waals surface area (Å²) in [5, 5.41) is 0. The molecule has 0 radical (unpaired) electrons. The molecule has 2 bridgehead atoms. The van der Waals surface area contributed by atoms with Gasteiger partial charge in [-0.05, 0) is 62.3 Å². The molecule has 4 atom stereocenters. The molecular formula is C13H23N. The zero-order valence-corrected chi connectivity index (χ0v) is 9.34. The van der Waals surface area contributed by atoms with Gasteiger partial charge in [-0.15, -0.1) is 0 Å². The van der Waals surface area contributed by atoms with Gasteiger partial charge in [-0.1, -0.05) is 19.1 Å². The van der Waals surface area contributed by atoms with Crippen molar-refractivity contribution >= 4 is 0 Å². The highest BCUT2D eigenvalue weighted by atomic mass is 14.6. The Morgan fingerprint density at radius 1 is 1.43 bits per heavy atom. The first kappa shape index (κ1) is 10.2. The third kappa shape index (κ3) is 1.52. The van der Waals surface area contributed by atoms with Crippen molar-refractivity contribution in [1.29, 1.82) is 0 Å². The van der Waals surface area contributed by atoms with Crippen molar-refractivity contribution in [2.75, 3.05) is 6.54 Å². The molecule has 2 aliphatic carbocycles. The summed E-state index contributed by atoms with van der Waals surface area (Å²) in [5.74, 6) is 3.59. The van der Waals surface area contributed by atoms with Gasteiger partial charge in [0.15, 0.2) is 0 Å². The minimum absolute atomic E-state index is 0.810. The second-order valence-corrected chi connectivity index (χ2v) is 5.12. The lowest BCUT2D eigenvalue weighted by atomic mass is 9.68. The van der Waals surface area contributed by atoms with Gasteiger partial charge < -0.3 is 5.73 Å². The first-order valence-corrected chi connectivity index (χ1v) is 6.15. The Bertz CT molecular complexity index is 221. The van der Waals surface area contributed by atoms with Crippen LogP contribution < -0.4 is 5.73 Å². The predicted octanol–water partition coefficient (Wildman–Crippen LogP) is 2.96. The Hall–Kier alpha value is -0.300. The summed E-state index contributed by atoms with van der Waals surface area (Å²) < 4.78 is 0. The van der Waals surface area contributed by atoms with Crippen molar-refractivity contribution in [3.8, 4) is 0 Å². The lowest BCUT2D eigenvalue weighted by Gasteiger charge is -2.37. The Labute approximate surface area is 87.8 Å². The van der Waals surface area contributed by atoms with E-state index >= 15 is 0 Å². The van der Waals surface area contributed by atoms with Crippen LogP contribution in [0.4, 0.5) is 0 Å². The highest BCUT2D eigenvalue weighted by Crippen LogP contribution is 2.53. The van der Waals surface area contributed by atoms with Crippen LogP contribution in [0.5, 0.6) is 0 Å². The average molecular weight is 193 g/mol. The molecule has 2 rings (SSSR count). The van der Waals surface area contributed by atoms with Gasteiger partial charge in [0, 0.05) is 0 Å². The molecule has 1 heteroatoms. The van der Waals surface area contributed by atoms with Crippen LogP contribution in [0.25, 0.3) is 0 Å². The first-order valence-electron chi connectivity index (χ1n) is 6.15. The second-order valence-electron chi connectivity index (χ2n) is 5.12. The molecule has 0 saturated heterocycles. The molecule has 0 aromatic heterocycles. The quantitative estimate of drug-likeness (QED) is 0.685. The molecule has 14 heavy (non-hydrogen) atoms. The van der Waals surface area contributed by atoms with Gasteiger partial charge in [0.25, 0.3) is 0 Å². The van der Waals surface area contributed by atoms with E-state index in [-0.39, 0.29) is 0 Å². The zero-order chi connectivity index (χ0) is 10.1. The Balaban J connectivity index is 2.12. The van der Waals surface area contributed by atoms with E-state index in [1.54, 1.807) is 0 Å². The van der Waals surface area contributed by atoms with Crippen LogP contribution in [0.2, 0.25) is 0 Å². The predicted molar refractivity (Wildman–Crippen MR) is 60.9 cm³/mol. The maximum atomic E-state index is 5.71. The summed E-state index contributed by atoms with van der Waals surface area (Å²) in [6.45, 7) is 7.46. The Kier molecular flexibility index (Phi) is 2.96. The Morgan fingerprint density at radius 3 is 2.86 bits per heavy atom. The summed E-state index contributed by atoms with van der Waals surface area (Å²) in [6.07, 6.45) is 6.70. The molecule has 0 heterocycles. The van der Waals surface area contributed by atoms with Gasteiger partial charge in [0.2, 0.25) is 0 Å². The normalized spacial score (nSPS) is 41.7. The highest BCUT2D eigenvalue weighted by Gasteiger charge is 2.44. The van der Waals surface area contributed by atoms with Crippen LogP contribution in [0.3, 0.4) is 0 Å². The molecular weight excluding hydrogens is 170 g/mol. The van der Waals surface area contributed by atoms with Crippen molar-refractivity contribution in [2.24, 2.45) is 29.4 Å². The molecule has 2 aliphatic rings. The summed E-state index contributed by atoms with van der Waals surface area (Å²) in [5.41, 5.74) is 7.25. The summed E-state index contributed by atoms with van der Waals surface area (Å²) in [6, 6.07) is 0. The molecule has 2 N–H and O–H groups in total. The van der Waals surface area contributed by atoms with E-state index in [9.17, 15) is 0 Å². The smallest absolute Gasteiger partial charge is 0.00744 e. The lowest BCUT2D eigenvalue weighted by Crippen LogP contribution is -2.30. The molecule has 0 amide bonds. The highest BCUT2D eigenvalue weighted by molar-refractivity contribution is 5.12. The molecule has 0 aromatic rings. The van der Waals surface area contributed by atoms with Crippen LogP contribution in [-0.2, 0) is 0 Å². The fraction of sp³-hybridized carbons (Fsp3) is 0.846. The molecule has 0 aromatic carbocycles. The number of hydrogen-bond donors (Lipinski definition) is 1. The van der Waals surface area contributed by atoms with Crippen molar-refractivity contribution in [2.45, 2.75) is 39.0 Å². The van der Waals surface area contributed by atoms with Crippen molar-refractivity contribution in [3.63, 3.8) is 0 Å². The molecule has 1 nitrogen and oxygen atoms in total. The summed E-state index contributed by atoms with van der Waals surface area (Å²) in [7, 11) is 0. The molecule has 4 unspecified atom stereocenters. The zero-order valence-electron chi connectivity index (χ0n) is 9.34. The fourth-order valence-corrected chi connectivity index (χ4v) is 3.96. The van der Waals surface area contributed by atoms with E-state index in [4.69, 9.17) is 5.73 Å². The SMILES string of the molecule is C=C1CC2CCC(C1CC)C2CCN. The first-order chi connectivity index (χ1) is 6.77. The number of nitrogens with two attached hydrogens (primary N) is 1. The largest absolute Gasteiger partial charge is 0.330 e. The number of fused-ring (bicyclic) bond motifs is 2. The molecule has 2 fully saturated rings. The van der Waals surface area contributed by atoms with Gasteiger partial charge >= 0.3 is 0 Å². The van der Waals surface area contributed by atoms with E-state index in [1.165, 1.54) is 37.7 Å². The fourth-order valence-electron chi connectivity index (χ4n) is 3.96. The average Bonchev–Trinajstić information content (AvgIpc) is 2.47. The van der Waals surface area contributed by atoms with E-state index in [1.807, 2.05) is 0 Å². The Morgan fingerprint density at radius 2 is 2.21 bits per heavy atom. The van der Waals surface area contributed by atoms with Crippen LogP contribution in [-0.4, -0.2) is 6.54 Å². The van der Waals surface area contributed by atoms with Crippen molar-refractivity contribution in [3.05, 3.63) is 12.2 Å². The van der Waals surface area contributed by atoms with Crippen LogP contribution >= 0.6 is 0 Å². The van der Waals surface area contributed by atoms with Crippen molar-refractivity contribution in [1.82, 2.24) is 0 Å². The number of rotatable bonds is 3. The van der Waals surface area contributed by atoms with Gasteiger partial charge in [-0.25, -0.2) is 0 Å². The maximum absolute atomic E-state index is 5.71. The van der Waals surface area contributed by atoms with Crippen LogP contribution in [0.15, 0.2) is 12.2 Å².